The highest BCUT2D eigenvalue weighted by Crippen LogP contribution is 2.28. The molecule has 0 aromatic heterocycles. The number of ether oxygens (including phenoxy) is 2. The molecule has 1 aliphatic carbocycles. The standard InChI is InChI=1S/C13H16ClNO5S/c1-19-10-6-9(7-10)15-13(16)8-3-4-11(20-2)12(5-8)21(14,17)18/h3-5,9-10H,6-7H2,1-2H3,(H,15,16). The van der Waals surface area contributed by atoms with E-state index in [4.69, 9.17) is 20.2 Å². The Morgan fingerprint density at radius 1 is 1.33 bits per heavy atom. The number of methoxy groups -OCH3 is 2. The molecule has 0 saturated heterocycles. The zero-order valence-electron chi connectivity index (χ0n) is 11.6. The van der Waals surface area contributed by atoms with E-state index in [-0.39, 0.29) is 34.3 Å². The van der Waals surface area contributed by atoms with E-state index in [1.165, 1.54) is 25.3 Å². The molecule has 0 atom stereocenters. The van der Waals surface area contributed by atoms with Crippen molar-refractivity contribution in [1.82, 2.24) is 5.32 Å². The third-order valence-electron chi connectivity index (χ3n) is 3.45. The summed E-state index contributed by atoms with van der Waals surface area (Å²) in [7, 11) is 4.32. The van der Waals surface area contributed by atoms with E-state index < -0.39 is 9.05 Å². The predicted molar refractivity (Wildman–Crippen MR) is 77.3 cm³/mol. The fraction of sp³-hybridized carbons (Fsp3) is 0.462. The van der Waals surface area contributed by atoms with E-state index in [1.54, 1.807) is 7.11 Å². The second-order valence-electron chi connectivity index (χ2n) is 4.80. The number of carbonyl (C=O) groups excluding carboxylic acids is 1. The van der Waals surface area contributed by atoms with Gasteiger partial charge in [-0.1, -0.05) is 0 Å². The molecule has 6 nitrogen and oxygen atoms in total. The third kappa shape index (κ3) is 3.66. The van der Waals surface area contributed by atoms with Crippen molar-refractivity contribution in [3.05, 3.63) is 23.8 Å². The van der Waals surface area contributed by atoms with Crippen molar-refractivity contribution in [2.45, 2.75) is 29.9 Å². The lowest BCUT2D eigenvalue weighted by Crippen LogP contribution is -2.47. The van der Waals surface area contributed by atoms with E-state index in [0.29, 0.717) is 0 Å². The molecule has 0 unspecified atom stereocenters. The van der Waals surface area contributed by atoms with Gasteiger partial charge in [-0.3, -0.25) is 4.79 Å². The number of hydrogen-bond donors (Lipinski definition) is 1. The summed E-state index contributed by atoms with van der Waals surface area (Å²) in [6.07, 6.45) is 1.67. The van der Waals surface area contributed by atoms with Crippen LogP contribution in [0, 0.1) is 0 Å². The van der Waals surface area contributed by atoms with Crippen molar-refractivity contribution in [2.75, 3.05) is 14.2 Å². The molecule has 1 fully saturated rings. The second-order valence-corrected chi connectivity index (χ2v) is 7.34. The highest BCUT2D eigenvalue weighted by atomic mass is 35.7. The maximum absolute atomic E-state index is 12.1. The Morgan fingerprint density at radius 3 is 2.52 bits per heavy atom. The molecule has 0 spiro atoms. The van der Waals surface area contributed by atoms with Gasteiger partial charge in [-0.05, 0) is 31.0 Å². The number of benzene rings is 1. The molecule has 116 valence electrons. The Balaban J connectivity index is 2.15. The fourth-order valence-corrected chi connectivity index (χ4v) is 3.17. The van der Waals surface area contributed by atoms with Gasteiger partial charge in [-0.15, -0.1) is 0 Å². The van der Waals surface area contributed by atoms with Gasteiger partial charge < -0.3 is 14.8 Å². The van der Waals surface area contributed by atoms with E-state index >= 15 is 0 Å². The Hall–Kier alpha value is -1.31. The molecular formula is C13H16ClNO5S. The molecule has 1 N–H and O–H groups in total. The predicted octanol–water partition coefficient (Wildman–Crippen LogP) is 1.53. The Labute approximate surface area is 127 Å². The minimum absolute atomic E-state index is 0.0422. The molecule has 2 rings (SSSR count). The maximum atomic E-state index is 12.1. The summed E-state index contributed by atoms with van der Waals surface area (Å²) in [6, 6.07) is 4.15. The van der Waals surface area contributed by atoms with Gasteiger partial charge in [-0.2, -0.15) is 0 Å². The Kier molecular flexibility index (Phi) is 4.75. The molecule has 1 aliphatic rings. The molecule has 0 bridgehead atoms. The van der Waals surface area contributed by atoms with Gasteiger partial charge in [0.15, 0.2) is 0 Å². The van der Waals surface area contributed by atoms with Crippen molar-refractivity contribution < 1.29 is 22.7 Å². The number of nitrogens with one attached hydrogen (secondary N) is 1. The first-order valence-corrected chi connectivity index (χ1v) is 8.62. The summed E-state index contributed by atoms with van der Waals surface area (Å²) in [5.74, 6) is -0.247. The largest absolute Gasteiger partial charge is 0.495 e. The molecular weight excluding hydrogens is 318 g/mol. The van der Waals surface area contributed by atoms with Crippen LogP contribution >= 0.6 is 10.7 Å². The fourth-order valence-electron chi connectivity index (χ4n) is 2.15. The smallest absolute Gasteiger partial charge is 0.265 e. The molecule has 1 aromatic rings. The zero-order valence-corrected chi connectivity index (χ0v) is 13.2. The van der Waals surface area contributed by atoms with Crippen LogP contribution in [0.4, 0.5) is 0 Å². The van der Waals surface area contributed by atoms with Gasteiger partial charge in [0, 0.05) is 29.4 Å². The first-order valence-electron chi connectivity index (χ1n) is 6.31. The normalized spacial score (nSPS) is 21.5. The minimum atomic E-state index is -3.99. The van der Waals surface area contributed by atoms with Crippen molar-refractivity contribution in [3.63, 3.8) is 0 Å². The van der Waals surface area contributed by atoms with E-state index in [0.717, 1.165) is 12.8 Å². The Bertz CT molecular complexity index is 640. The highest BCUT2D eigenvalue weighted by Gasteiger charge is 2.30. The van der Waals surface area contributed by atoms with Gasteiger partial charge >= 0.3 is 0 Å². The zero-order chi connectivity index (χ0) is 15.6. The summed E-state index contributed by atoms with van der Waals surface area (Å²) >= 11 is 0. The number of halogens is 1. The first-order chi connectivity index (χ1) is 9.85. The van der Waals surface area contributed by atoms with Crippen molar-refractivity contribution >= 4 is 25.6 Å². The molecule has 0 radical (unpaired) electrons. The second kappa shape index (κ2) is 6.21. The quantitative estimate of drug-likeness (QED) is 0.826. The first kappa shape index (κ1) is 16.1. The van der Waals surface area contributed by atoms with Gasteiger partial charge in [0.05, 0.1) is 13.2 Å². The Morgan fingerprint density at radius 2 is 2.00 bits per heavy atom. The van der Waals surface area contributed by atoms with Crippen LogP contribution in [-0.2, 0) is 13.8 Å². The monoisotopic (exact) mass is 333 g/mol. The van der Waals surface area contributed by atoms with Crippen LogP contribution in [0.5, 0.6) is 5.75 Å². The minimum Gasteiger partial charge on any atom is -0.495 e. The van der Waals surface area contributed by atoms with Crippen LogP contribution in [-0.4, -0.2) is 40.7 Å². The SMILES string of the molecule is COc1ccc(C(=O)NC2CC(OC)C2)cc1S(=O)(=O)Cl. The van der Waals surface area contributed by atoms with Gasteiger partial charge in [0.25, 0.3) is 15.0 Å². The average molecular weight is 334 g/mol. The van der Waals surface area contributed by atoms with Crippen molar-refractivity contribution in [1.29, 1.82) is 0 Å². The number of hydrogen-bond acceptors (Lipinski definition) is 5. The van der Waals surface area contributed by atoms with Crippen molar-refractivity contribution in [3.8, 4) is 5.75 Å². The summed E-state index contributed by atoms with van der Waals surface area (Å²) in [6.45, 7) is 0. The van der Waals surface area contributed by atoms with E-state index in [1.807, 2.05) is 0 Å². The lowest BCUT2D eigenvalue weighted by atomic mass is 9.89. The molecule has 0 heterocycles. The topological polar surface area (TPSA) is 81.7 Å². The van der Waals surface area contributed by atoms with Crippen molar-refractivity contribution in [2.24, 2.45) is 0 Å². The lowest BCUT2D eigenvalue weighted by Gasteiger charge is -2.34. The number of rotatable bonds is 5. The summed E-state index contributed by atoms with van der Waals surface area (Å²) in [5.41, 5.74) is 0.218. The van der Waals surface area contributed by atoms with Crippen LogP contribution < -0.4 is 10.1 Å². The van der Waals surface area contributed by atoms with Crippen LogP contribution in [0.1, 0.15) is 23.2 Å². The van der Waals surface area contributed by atoms with E-state index in [2.05, 4.69) is 5.32 Å². The number of carbonyl (C=O) groups is 1. The number of amides is 1. The van der Waals surface area contributed by atoms with Crippen LogP contribution in [0.2, 0.25) is 0 Å². The van der Waals surface area contributed by atoms with Gasteiger partial charge in [-0.25, -0.2) is 8.42 Å². The molecule has 1 amide bonds. The molecule has 1 aromatic carbocycles. The van der Waals surface area contributed by atoms with Crippen LogP contribution in [0.15, 0.2) is 23.1 Å². The third-order valence-corrected chi connectivity index (χ3v) is 4.79. The molecule has 8 heteroatoms. The summed E-state index contributed by atoms with van der Waals surface area (Å²) in [4.78, 5) is 11.9. The van der Waals surface area contributed by atoms with Crippen LogP contribution in [0.3, 0.4) is 0 Å². The molecule has 1 saturated carbocycles. The molecule has 0 aliphatic heterocycles. The lowest BCUT2D eigenvalue weighted by molar-refractivity contribution is 0.0176. The average Bonchev–Trinajstić information content (AvgIpc) is 2.40. The summed E-state index contributed by atoms with van der Waals surface area (Å²) < 4.78 is 33.1. The maximum Gasteiger partial charge on any atom is 0.265 e. The van der Waals surface area contributed by atoms with Gasteiger partial charge in [0.2, 0.25) is 0 Å². The van der Waals surface area contributed by atoms with Crippen LogP contribution in [0.25, 0.3) is 0 Å². The molecule has 21 heavy (non-hydrogen) atoms. The summed E-state index contributed by atoms with van der Waals surface area (Å²) in [5, 5.41) is 2.82. The highest BCUT2D eigenvalue weighted by molar-refractivity contribution is 8.13. The van der Waals surface area contributed by atoms with E-state index in [9.17, 15) is 13.2 Å². The van der Waals surface area contributed by atoms with Gasteiger partial charge in [0.1, 0.15) is 10.6 Å².